The molecule has 9 heteroatoms. The molecule has 2 heterocycles. The second kappa shape index (κ2) is 11.0. The van der Waals surface area contributed by atoms with Crippen molar-refractivity contribution < 1.29 is 28.6 Å². The largest absolute Gasteiger partial charge is 0.497 e. The van der Waals surface area contributed by atoms with E-state index in [1.165, 1.54) is 0 Å². The molecule has 2 aromatic rings. The van der Waals surface area contributed by atoms with Crippen molar-refractivity contribution in [1.29, 1.82) is 0 Å². The predicted octanol–water partition coefficient (Wildman–Crippen LogP) is 2.36. The van der Waals surface area contributed by atoms with Gasteiger partial charge in [-0.05, 0) is 49.2 Å². The fourth-order valence-corrected chi connectivity index (χ4v) is 4.07. The minimum Gasteiger partial charge on any atom is -0.497 e. The summed E-state index contributed by atoms with van der Waals surface area (Å²) in [6, 6.07) is 14.0. The molecule has 0 unspecified atom stereocenters. The van der Waals surface area contributed by atoms with Crippen LogP contribution in [0.15, 0.2) is 48.5 Å². The van der Waals surface area contributed by atoms with Gasteiger partial charge in [0, 0.05) is 43.6 Å². The van der Waals surface area contributed by atoms with Gasteiger partial charge < -0.3 is 29.7 Å². The van der Waals surface area contributed by atoms with Crippen LogP contribution in [0.4, 0.5) is 11.4 Å². The van der Waals surface area contributed by atoms with Crippen LogP contribution in [0.2, 0.25) is 0 Å². The summed E-state index contributed by atoms with van der Waals surface area (Å²) in [5.74, 6) is 0.251. The highest BCUT2D eigenvalue weighted by Gasteiger charge is 2.35. The molecule has 2 fully saturated rings. The van der Waals surface area contributed by atoms with E-state index in [1.807, 2.05) is 0 Å². The van der Waals surface area contributed by atoms with Crippen molar-refractivity contribution in [1.82, 2.24) is 5.32 Å². The summed E-state index contributed by atoms with van der Waals surface area (Å²) >= 11 is 0. The average molecular weight is 468 g/mol. The van der Waals surface area contributed by atoms with Gasteiger partial charge in [-0.1, -0.05) is 6.07 Å². The molecule has 2 atom stereocenters. The van der Waals surface area contributed by atoms with Gasteiger partial charge in [0.25, 0.3) is 5.91 Å². The van der Waals surface area contributed by atoms with Crippen molar-refractivity contribution in [2.75, 3.05) is 43.6 Å². The smallest absolute Gasteiger partial charge is 0.262 e. The van der Waals surface area contributed by atoms with Gasteiger partial charge in [0.2, 0.25) is 11.8 Å². The normalized spacial score (nSPS) is 19.7. The monoisotopic (exact) mass is 467 g/mol. The number of methoxy groups -OCH3 is 1. The number of carbonyl (C=O) groups excluding carboxylic acids is 3. The van der Waals surface area contributed by atoms with Gasteiger partial charge in [-0.2, -0.15) is 0 Å². The van der Waals surface area contributed by atoms with E-state index in [4.69, 9.17) is 14.2 Å². The number of amides is 3. The van der Waals surface area contributed by atoms with Crippen LogP contribution in [0.3, 0.4) is 0 Å². The lowest BCUT2D eigenvalue weighted by molar-refractivity contribution is -0.126. The zero-order valence-corrected chi connectivity index (χ0v) is 19.1. The van der Waals surface area contributed by atoms with Gasteiger partial charge >= 0.3 is 0 Å². The van der Waals surface area contributed by atoms with Gasteiger partial charge in [0.05, 0.1) is 19.1 Å². The van der Waals surface area contributed by atoms with Crippen molar-refractivity contribution in [2.24, 2.45) is 5.92 Å². The third-order valence-corrected chi connectivity index (χ3v) is 5.90. The topological polar surface area (TPSA) is 106 Å². The highest BCUT2D eigenvalue weighted by molar-refractivity contribution is 6.00. The molecule has 9 nitrogen and oxygen atoms in total. The first-order chi connectivity index (χ1) is 16.5. The fourth-order valence-electron chi connectivity index (χ4n) is 4.07. The van der Waals surface area contributed by atoms with Gasteiger partial charge in [0.15, 0.2) is 6.61 Å². The Morgan fingerprint density at radius 3 is 2.71 bits per heavy atom. The van der Waals surface area contributed by atoms with Crippen LogP contribution in [0, 0.1) is 5.92 Å². The van der Waals surface area contributed by atoms with Crippen LogP contribution >= 0.6 is 0 Å². The summed E-state index contributed by atoms with van der Waals surface area (Å²) in [6.45, 7) is 1.40. The Kier molecular flexibility index (Phi) is 7.64. The van der Waals surface area contributed by atoms with Crippen molar-refractivity contribution in [3.63, 3.8) is 0 Å². The molecule has 2 aliphatic rings. The van der Waals surface area contributed by atoms with Crippen molar-refractivity contribution in [2.45, 2.75) is 25.4 Å². The molecular formula is C25H29N3O6. The Balaban J connectivity index is 1.25. The summed E-state index contributed by atoms with van der Waals surface area (Å²) in [7, 11) is 1.56. The molecule has 180 valence electrons. The molecule has 2 saturated heterocycles. The zero-order chi connectivity index (χ0) is 23.9. The predicted molar refractivity (Wildman–Crippen MR) is 126 cm³/mol. The maximum absolute atomic E-state index is 12.5. The van der Waals surface area contributed by atoms with Crippen LogP contribution in [-0.4, -0.2) is 57.2 Å². The van der Waals surface area contributed by atoms with Gasteiger partial charge in [0.1, 0.15) is 11.5 Å². The summed E-state index contributed by atoms with van der Waals surface area (Å²) in [4.78, 5) is 38.8. The first kappa shape index (κ1) is 23.6. The Morgan fingerprint density at radius 1 is 1.15 bits per heavy atom. The van der Waals surface area contributed by atoms with E-state index < -0.39 is 0 Å². The Bertz CT molecular complexity index is 1020. The molecule has 2 aromatic carbocycles. The number of carbonyl (C=O) groups is 3. The Morgan fingerprint density at radius 2 is 1.97 bits per heavy atom. The second-order valence-electron chi connectivity index (χ2n) is 8.35. The first-order valence-electron chi connectivity index (χ1n) is 11.4. The maximum Gasteiger partial charge on any atom is 0.262 e. The third kappa shape index (κ3) is 6.05. The van der Waals surface area contributed by atoms with E-state index in [9.17, 15) is 14.4 Å². The van der Waals surface area contributed by atoms with Crippen LogP contribution in [0.1, 0.15) is 19.3 Å². The van der Waals surface area contributed by atoms with Crippen LogP contribution in [0.5, 0.6) is 11.5 Å². The van der Waals surface area contributed by atoms with Crippen LogP contribution < -0.4 is 25.0 Å². The number of nitrogens with one attached hydrogen (secondary N) is 2. The standard InChI is InChI=1S/C25H29N3O6/c1-32-21-5-2-4-18(13-21)27-23(29)16-34-20-9-7-19(8-10-20)28-15-17(12-24(28)30)25(31)26-14-22-6-3-11-33-22/h2,4-5,7-10,13,17,22H,3,6,11-12,14-16H2,1H3,(H,26,31)(H,27,29)/t17-,22+/m1/s1. The third-order valence-electron chi connectivity index (χ3n) is 5.90. The lowest BCUT2D eigenvalue weighted by atomic mass is 10.1. The lowest BCUT2D eigenvalue weighted by Gasteiger charge is -2.18. The summed E-state index contributed by atoms with van der Waals surface area (Å²) in [6.07, 6.45) is 2.22. The van der Waals surface area contributed by atoms with Gasteiger partial charge in [-0.15, -0.1) is 0 Å². The molecule has 2 aliphatic heterocycles. The lowest BCUT2D eigenvalue weighted by Crippen LogP contribution is -2.37. The van der Waals surface area contributed by atoms with Crippen molar-refractivity contribution >= 4 is 29.1 Å². The fraction of sp³-hybridized carbons (Fsp3) is 0.400. The van der Waals surface area contributed by atoms with E-state index >= 15 is 0 Å². The van der Waals surface area contributed by atoms with E-state index in [-0.39, 0.29) is 42.8 Å². The number of rotatable bonds is 9. The highest BCUT2D eigenvalue weighted by atomic mass is 16.5. The molecule has 0 aliphatic carbocycles. The van der Waals surface area contributed by atoms with Gasteiger partial charge in [-0.3, -0.25) is 14.4 Å². The molecule has 0 bridgehead atoms. The van der Waals surface area contributed by atoms with E-state index in [0.717, 1.165) is 19.4 Å². The van der Waals surface area contributed by atoms with E-state index in [2.05, 4.69) is 10.6 Å². The molecule has 2 N–H and O–H groups in total. The molecule has 0 aromatic heterocycles. The van der Waals surface area contributed by atoms with E-state index in [1.54, 1.807) is 60.5 Å². The quantitative estimate of drug-likeness (QED) is 0.587. The van der Waals surface area contributed by atoms with Crippen molar-refractivity contribution in [3.05, 3.63) is 48.5 Å². The number of benzene rings is 2. The molecule has 0 saturated carbocycles. The first-order valence-corrected chi connectivity index (χ1v) is 11.4. The Hall–Kier alpha value is -3.59. The number of hydrogen-bond acceptors (Lipinski definition) is 6. The van der Waals surface area contributed by atoms with Gasteiger partial charge in [-0.25, -0.2) is 0 Å². The SMILES string of the molecule is COc1cccc(NC(=O)COc2ccc(N3C[C@H](C(=O)NC[C@@H]4CCCO4)CC3=O)cc2)c1. The second-order valence-corrected chi connectivity index (χ2v) is 8.35. The number of hydrogen-bond donors (Lipinski definition) is 2. The van der Waals surface area contributed by atoms with Crippen LogP contribution in [-0.2, 0) is 19.1 Å². The van der Waals surface area contributed by atoms with Crippen molar-refractivity contribution in [3.8, 4) is 11.5 Å². The van der Waals surface area contributed by atoms with Crippen LogP contribution in [0.25, 0.3) is 0 Å². The molecular weight excluding hydrogens is 438 g/mol. The maximum atomic E-state index is 12.5. The number of anilines is 2. The number of ether oxygens (including phenoxy) is 3. The number of nitrogens with zero attached hydrogens (tertiary/aromatic N) is 1. The minimum absolute atomic E-state index is 0.0716. The summed E-state index contributed by atoms with van der Waals surface area (Å²) < 4.78 is 16.2. The summed E-state index contributed by atoms with van der Waals surface area (Å²) in [5.41, 5.74) is 1.30. The molecule has 34 heavy (non-hydrogen) atoms. The highest BCUT2D eigenvalue weighted by Crippen LogP contribution is 2.27. The van der Waals surface area contributed by atoms with E-state index in [0.29, 0.717) is 36.0 Å². The molecule has 0 spiro atoms. The zero-order valence-electron chi connectivity index (χ0n) is 19.1. The molecule has 4 rings (SSSR count). The average Bonchev–Trinajstić information content (AvgIpc) is 3.51. The molecule has 0 radical (unpaired) electrons. The summed E-state index contributed by atoms with van der Waals surface area (Å²) in [5, 5.41) is 5.66. The Labute approximate surface area is 198 Å². The molecule has 3 amide bonds. The minimum atomic E-state index is -0.384.